The highest BCUT2D eigenvalue weighted by molar-refractivity contribution is 7.89. The van der Waals surface area contributed by atoms with Gasteiger partial charge in [-0.05, 0) is 68.5 Å². The maximum Gasteiger partial charge on any atom is 0.265 e. The van der Waals surface area contributed by atoms with Gasteiger partial charge in [-0.3, -0.25) is 9.59 Å². The fourth-order valence-electron chi connectivity index (χ4n) is 4.35. The summed E-state index contributed by atoms with van der Waals surface area (Å²) in [6.45, 7) is 5.51. The molecule has 2 aromatic rings. The van der Waals surface area contributed by atoms with E-state index in [-0.39, 0.29) is 29.1 Å². The van der Waals surface area contributed by atoms with Crippen LogP contribution in [0.2, 0.25) is 0 Å². The predicted molar refractivity (Wildman–Crippen MR) is 126 cm³/mol. The Morgan fingerprint density at radius 1 is 1.24 bits per heavy atom. The molecule has 2 N–H and O–H groups in total. The zero-order valence-electron chi connectivity index (χ0n) is 19.4. The van der Waals surface area contributed by atoms with Crippen molar-refractivity contribution in [3.63, 3.8) is 0 Å². The first-order chi connectivity index (χ1) is 16.1. The Labute approximate surface area is 198 Å². The number of nitrogens with one attached hydrogen (secondary N) is 2. The number of aryl methyl sites for hydroxylation is 2. The number of anilines is 2. The van der Waals surface area contributed by atoms with Gasteiger partial charge in [-0.25, -0.2) is 12.8 Å². The van der Waals surface area contributed by atoms with Crippen molar-refractivity contribution >= 4 is 33.2 Å². The van der Waals surface area contributed by atoms with E-state index in [9.17, 15) is 22.4 Å². The van der Waals surface area contributed by atoms with Crippen LogP contribution in [0.1, 0.15) is 37.3 Å². The first kappa shape index (κ1) is 24.2. The molecule has 2 aliphatic heterocycles. The van der Waals surface area contributed by atoms with Gasteiger partial charge in [0.05, 0.1) is 16.5 Å². The number of piperidine rings is 1. The van der Waals surface area contributed by atoms with Crippen LogP contribution in [0.3, 0.4) is 0 Å². The molecule has 182 valence electrons. The lowest BCUT2D eigenvalue weighted by Crippen LogP contribution is -2.44. The average Bonchev–Trinajstić information content (AvgIpc) is 2.80. The minimum absolute atomic E-state index is 0.0418. The molecule has 0 aromatic heterocycles. The summed E-state index contributed by atoms with van der Waals surface area (Å²) < 4.78 is 47.5. The van der Waals surface area contributed by atoms with Gasteiger partial charge in [-0.1, -0.05) is 6.92 Å². The summed E-state index contributed by atoms with van der Waals surface area (Å²) in [6, 6.07) is 7.15. The van der Waals surface area contributed by atoms with Gasteiger partial charge in [0, 0.05) is 24.8 Å². The number of carbonyl (C=O) groups is 2. The fraction of sp³-hybridized carbons (Fsp3) is 0.417. The van der Waals surface area contributed by atoms with Gasteiger partial charge in [0.2, 0.25) is 15.9 Å². The third kappa shape index (κ3) is 4.65. The Kier molecular flexibility index (Phi) is 6.64. The molecule has 0 spiro atoms. The molecule has 2 atom stereocenters. The van der Waals surface area contributed by atoms with E-state index in [4.69, 9.17) is 4.74 Å². The van der Waals surface area contributed by atoms with Gasteiger partial charge in [0.15, 0.2) is 6.10 Å². The molecule has 0 radical (unpaired) electrons. The van der Waals surface area contributed by atoms with Crippen LogP contribution in [-0.4, -0.2) is 43.7 Å². The molecule has 2 aromatic carbocycles. The molecule has 0 saturated carbocycles. The van der Waals surface area contributed by atoms with Gasteiger partial charge in [0.25, 0.3) is 5.91 Å². The summed E-state index contributed by atoms with van der Waals surface area (Å²) in [6.07, 6.45) is 0.865. The number of hydrogen-bond donors (Lipinski definition) is 2. The normalized spacial score (nSPS) is 20.8. The van der Waals surface area contributed by atoms with E-state index in [2.05, 4.69) is 10.6 Å². The van der Waals surface area contributed by atoms with Crippen LogP contribution in [0.5, 0.6) is 5.75 Å². The Morgan fingerprint density at radius 2 is 2.00 bits per heavy atom. The minimum atomic E-state index is -3.91. The smallest absolute Gasteiger partial charge is 0.265 e. The van der Waals surface area contributed by atoms with Gasteiger partial charge >= 0.3 is 0 Å². The van der Waals surface area contributed by atoms with Gasteiger partial charge in [0.1, 0.15) is 11.6 Å². The van der Waals surface area contributed by atoms with Crippen molar-refractivity contribution in [3.05, 3.63) is 47.3 Å². The van der Waals surface area contributed by atoms with Crippen LogP contribution in [0.25, 0.3) is 0 Å². The first-order valence-electron chi connectivity index (χ1n) is 11.3. The molecule has 2 aliphatic rings. The van der Waals surface area contributed by atoms with Crippen LogP contribution in [-0.2, 0) is 19.6 Å². The molecule has 0 aliphatic carbocycles. The summed E-state index contributed by atoms with van der Waals surface area (Å²) in [4.78, 5) is 25.1. The average molecular weight is 490 g/mol. The highest BCUT2D eigenvalue weighted by atomic mass is 32.2. The number of nitrogens with zero attached hydrogens (tertiary/aromatic N) is 1. The van der Waals surface area contributed by atoms with Crippen molar-refractivity contribution in [2.45, 2.75) is 51.0 Å². The summed E-state index contributed by atoms with van der Waals surface area (Å²) in [5.74, 6) is -1.17. The van der Waals surface area contributed by atoms with Crippen LogP contribution >= 0.6 is 0 Å². The summed E-state index contributed by atoms with van der Waals surface area (Å²) in [5, 5.41) is 5.56. The minimum Gasteiger partial charge on any atom is -0.478 e. The van der Waals surface area contributed by atoms with E-state index in [1.54, 1.807) is 19.9 Å². The van der Waals surface area contributed by atoms with Gasteiger partial charge in [-0.2, -0.15) is 4.31 Å². The highest BCUT2D eigenvalue weighted by Gasteiger charge is 2.36. The Hall–Kier alpha value is -2.98. The second-order valence-electron chi connectivity index (χ2n) is 8.77. The molecular weight excluding hydrogens is 461 g/mol. The van der Waals surface area contributed by atoms with Crippen molar-refractivity contribution in [3.8, 4) is 5.75 Å². The number of carbonyl (C=O) groups excluding carboxylic acids is 2. The number of halogens is 1. The van der Waals surface area contributed by atoms with E-state index in [1.807, 2.05) is 6.92 Å². The number of rotatable bonds is 5. The summed E-state index contributed by atoms with van der Waals surface area (Å²) in [5.41, 5.74) is 2.01. The largest absolute Gasteiger partial charge is 0.478 e. The number of amides is 2. The fourth-order valence-corrected chi connectivity index (χ4v) is 6.09. The molecule has 1 fully saturated rings. The van der Waals surface area contributed by atoms with Crippen LogP contribution < -0.4 is 15.4 Å². The van der Waals surface area contributed by atoms with E-state index in [1.165, 1.54) is 28.6 Å². The van der Waals surface area contributed by atoms with Crippen molar-refractivity contribution in [2.75, 3.05) is 23.7 Å². The van der Waals surface area contributed by atoms with Crippen molar-refractivity contribution in [1.29, 1.82) is 0 Å². The molecular formula is C24H28FN3O5S. The van der Waals surface area contributed by atoms with E-state index < -0.39 is 22.0 Å². The Balaban J connectivity index is 1.55. The van der Waals surface area contributed by atoms with Crippen LogP contribution in [0, 0.1) is 25.6 Å². The SMILES string of the molecule is CC[C@H]1Oc2cc(S(=O)(=O)N3CCC[C@H](C(=O)Nc4ccc(F)cc4C)C3)c(C)cc2NC1=O. The lowest BCUT2D eigenvalue weighted by atomic mass is 9.98. The van der Waals surface area contributed by atoms with E-state index >= 15 is 0 Å². The lowest BCUT2D eigenvalue weighted by molar-refractivity contribution is -0.123. The van der Waals surface area contributed by atoms with E-state index in [0.29, 0.717) is 54.1 Å². The van der Waals surface area contributed by atoms with Crippen molar-refractivity contribution < 1.29 is 27.1 Å². The van der Waals surface area contributed by atoms with Crippen LogP contribution in [0.4, 0.5) is 15.8 Å². The number of fused-ring (bicyclic) bond motifs is 1. The molecule has 0 bridgehead atoms. The molecule has 4 rings (SSSR count). The molecule has 34 heavy (non-hydrogen) atoms. The monoisotopic (exact) mass is 489 g/mol. The molecule has 0 unspecified atom stereocenters. The molecule has 10 heteroatoms. The van der Waals surface area contributed by atoms with Crippen LogP contribution in [0.15, 0.2) is 35.2 Å². The predicted octanol–water partition coefficient (Wildman–Crippen LogP) is 3.59. The first-order valence-corrected chi connectivity index (χ1v) is 12.7. The number of sulfonamides is 1. The van der Waals surface area contributed by atoms with Crippen molar-refractivity contribution in [2.24, 2.45) is 5.92 Å². The second-order valence-corrected chi connectivity index (χ2v) is 10.7. The second kappa shape index (κ2) is 9.34. The summed E-state index contributed by atoms with van der Waals surface area (Å²) >= 11 is 0. The lowest BCUT2D eigenvalue weighted by Gasteiger charge is -2.32. The van der Waals surface area contributed by atoms with Gasteiger partial charge in [-0.15, -0.1) is 0 Å². The third-order valence-electron chi connectivity index (χ3n) is 6.29. The Bertz CT molecular complexity index is 1250. The highest BCUT2D eigenvalue weighted by Crippen LogP contribution is 2.36. The molecule has 1 saturated heterocycles. The maximum absolute atomic E-state index is 13.5. The maximum atomic E-state index is 13.5. The van der Waals surface area contributed by atoms with Gasteiger partial charge < -0.3 is 15.4 Å². The zero-order chi connectivity index (χ0) is 24.6. The third-order valence-corrected chi connectivity index (χ3v) is 8.29. The molecule has 2 heterocycles. The number of ether oxygens (including phenoxy) is 1. The van der Waals surface area contributed by atoms with E-state index in [0.717, 1.165) is 0 Å². The molecule has 8 nitrogen and oxygen atoms in total. The summed E-state index contributed by atoms with van der Waals surface area (Å²) in [7, 11) is -3.91. The zero-order valence-corrected chi connectivity index (χ0v) is 20.2. The van der Waals surface area contributed by atoms with Crippen molar-refractivity contribution in [1.82, 2.24) is 4.31 Å². The molecule has 2 amide bonds. The topological polar surface area (TPSA) is 105 Å². The standard InChI is InChI=1S/C24H28FN3O5S/c1-4-20-24(30)27-19-11-15(3)22(12-21(19)33-20)34(31,32)28-9-5-6-16(13-28)23(29)26-18-8-7-17(25)10-14(18)2/h7-8,10-12,16,20H,4-6,9,13H2,1-3H3,(H,26,29)(H,27,30)/t16-,20+/m0/s1. The Morgan fingerprint density at radius 3 is 2.71 bits per heavy atom. The number of hydrogen-bond acceptors (Lipinski definition) is 5. The quantitative estimate of drug-likeness (QED) is 0.668. The number of benzene rings is 2.